The maximum atomic E-state index is 13.5. The van der Waals surface area contributed by atoms with Gasteiger partial charge in [0.1, 0.15) is 11.6 Å². The molecule has 0 saturated carbocycles. The number of benzene rings is 1. The molecule has 4 heteroatoms. The second-order valence-corrected chi connectivity index (χ2v) is 4.80. The molecule has 1 aliphatic rings. The first-order valence-corrected chi connectivity index (χ1v) is 5.94. The predicted molar refractivity (Wildman–Crippen MR) is 61.5 cm³/mol. The predicted octanol–water partition coefficient (Wildman–Crippen LogP) is 2.39. The van der Waals surface area contributed by atoms with Crippen LogP contribution in [0.5, 0.6) is 0 Å². The molecule has 0 radical (unpaired) electrons. The number of piperidine rings is 1. The zero-order valence-corrected chi connectivity index (χ0v) is 9.79. The maximum absolute atomic E-state index is 13.5. The summed E-state index contributed by atoms with van der Waals surface area (Å²) in [6, 6.07) is 3.15. The van der Waals surface area contributed by atoms with E-state index in [1.807, 2.05) is 0 Å². The van der Waals surface area contributed by atoms with Crippen molar-refractivity contribution in [1.29, 1.82) is 0 Å². The fourth-order valence-corrected chi connectivity index (χ4v) is 2.35. The van der Waals surface area contributed by atoms with Gasteiger partial charge < -0.3 is 10.4 Å². The first-order chi connectivity index (χ1) is 8.08. The highest BCUT2D eigenvalue weighted by Gasteiger charge is 2.27. The molecular formula is C13H17F2NO. The van der Waals surface area contributed by atoms with Crippen molar-refractivity contribution >= 4 is 0 Å². The van der Waals surface area contributed by atoms with Crippen LogP contribution in [0.4, 0.5) is 8.78 Å². The van der Waals surface area contributed by atoms with E-state index in [0.717, 1.165) is 25.5 Å². The smallest absolute Gasteiger partial charge is 0.131 e. The molecule has 0 aromatic heterocycles. The quantitative estimate of drug-likeness (QED) is 0.833. The fraction of sp³-hybridized carbons (Fsp3) is 0.538. The monoisotopic (exact) mass is 241 g/mol. The maximum Gasteiger partial charge on any atom is 0.131 e. The van der Waals surface area contributed by atoms with Crippen LogP contribution in [0.15, 0.2) is 18.2 Å². The Labute approximate surface area is 99.7 Å². The zero-order chi connectivity index (χ0) is 12.4. The summed E-state index contributed by atoms with van der Waals surface area (Å²) < 4.78 is 26.3. The lowest BCUT2D eigenvalue weighted by molar-refractivity contribution is 0.0981. The Morgan fingerprint density at radius 1 is 1.41 bits per heavy atom. The van der Waals surface area contributed by atoms with E-state index in [-0.39, 0.29) is 11.6 Å². The van der Waals surface area contributed by atoms with Crippen LogP contribution in [0.2, 0.25) is 0 Å². The molecule has 0 amide bonds. The molecule has 1 aromatic carbocycles. The first-order valence-electron chi connectivity index (χ1n) is 5.94. The lowest BCUT2D eigenvalue weighted by atomic mass is 9.88. The Bertz CT molecular complexity index is 397. The minimum atomic E-state index is -0.918. The van der Waals surface area contributed by atoms with Crippen LogP contribution in [0.3, 0.4) is 0 Å². The van der Waals surface area contributed by atoms with E-state index in [2.05, 4.69) is 12.2 Å². The molecule has 1 saturated heterocycles. The summed E-state index contributed by atoms with van der Waals surface area (Å²) in [6.45, 7) is 2.94. The SMILES string of the molecule is CC1CCNC(C(O)c2ccc(F)cc2F)C1. The summed E-state index contributed by atoms with van der Waals surface area (Å²) in [5, 5.41) is 13.3. The van der Waals surface area contributed by atoms with Crippen LogP contribution >= 0.6 is 0 Å². The molecule has 0 aliphatic carbocycles. The highest BCUT2D eigenvalue weighted by atomic mass is 19.1. The lowest BCUT2D eigenvalue weighted by Gasteiger charge is -2.32. The molecule has 17 heavy (non-hydrogen) atoms. The van der Waals surface area contributed by atoms with Gasteiger partial charge in [-0.2, -0.15) is 0 Å². The Kier molecular flexibility index (Phi) is 3.74. The fourth-order valence-electron chi connectivity index (χ4n) is 2.35. The van der Waals surface area contributed by atoms with Crippen molar-refractivity contribution in [3.8, 4) is 0 Å². The zero-order valence-electron chi connectivity index (χ0n) is 9.79. The summed E-state index contributed by atoms with van der Waals surface area (Å²) >= 11 is 0. The normalized spacial score (nSPS) is 26.8. The van der Waals surface area contributed by atoms with E-state index in [1.165, 1.54) is 12.1 Å². The van der Waals surface area contributed by atoms with Crippen molar-refractivity contribution in [2.24, 2.45) is 5.92 Å². The van der Waals surface area contributed by atoms with Gasteiger partial charge in [-0.05, 0) is 31.4 Å². The average Bonchev–Trinajstić information content (AvgIpc) is 2.28. The molecule has 1 heterocycles. The molecule has 3 unspecified atom stereocenters. The van der Waals surface area contributed by atoms with Crippen LogP contribution in [-0.2, 0) is 0 Å². The number of nitrogens with one attached hydrogen (secondary N) is 1. The molecule has 0 bridgehead atoms. The molecule has 0 spiro atoms. The highest BCUT2D eigenvalue weighted by Crippen LogP contribution is 2.27. The van der Waals surface area contributed by atoms with E-state index in [0.29, 0.717) is 5.92 Å². The number of halogens is 2. The topological polar surface area (TPSA) is 32.3 Å². The van der Waals surface area contributed by atoms with Gasteiger partial charge in [-0.3, -0.25) is 0 Å². The van der Waals surface area contributed by atoms with E-state index in [4.69, 9.17) is 0 Å². The Hall–Kier alpha value is -1.00. The lowest BCUT2D eigenvalue weighted by Crippen LogP contribution is -2.41. The highest BCUT2D eigenvalue weighted by molar-refractivity contribution is 5.22. The van der Waals surface area contributed by atoms with Crippen molar-refractivity contribution in [3.63, 3.8) is 0 Å². The standard InChI is InChI=1S/C13H17F2NO/c1-8-4-5-16-12(6-8)13(17)10-3-2-9(14)7-11(10)15/h2-3,7-8,12-13,16-17H,4-6H2,1H3. The summed E-state index contributed by atoms with van der Waals surface area (Å²) in [5.74, 6) is -0.791. The minimum absolute atomic E-state index is 0.154. The van der Waals surface area contributed by atoms with Crippen LogP contribution in [0.1, 0.15) is 31.4 Å². The summed E-state index contributed by atoms with van der Waals surface area (Å²) in [5.41, 5.74) is 0.165. The molecule has 2 rings (SSSR count). The third-order valence-corrected chi connectivity index (χ3v) is 3.36. The Morgan fingerprint density at radius 3 is 2.82 bits per heavy atom. The van der Waals surface area contributed by atoms with E-state index < -0.39 is 17.7 Å². The molecular weight excluding hydrogens is 224 g/mol. The van der Waals surface area contributed by atoms with Gasteiger partial charge in [0.15, 0.2) is 0 Å². The Morgan fingerprint density at radius 2 is 2.18 bits per heavy atom. The molecule has 94 valence electrons. The van der Waals surface area contributed by atoms with Crippen molar-refractivity contribution in [2.75, 3.05) is 6.54 Å². The van der Waals surface area contributed by atoms with Crippen molar-refractivity contribution < 1.29 is 13.9 Å². The second-order valence-electron chi connectivity index (χ2n) is 4.80. The van der Waals surface area contributed by atoms with Gasteiger partial charge in [-0.15, -0.1) is 0 Å². The second kappa shape index (κ2) is 5.10. The van der Waals surface area contributed by atoms with Crippen molar-refractivity contribution in [3.05, 3.63) is 35.4 Å². The van der Waals surface area contributed by atoms with Crippen molar-refractivity contribution in [1.82, 2.24) is 5.32 Å². The van der Waals surface area contributed by atoms with Gasteiger partial charge in [0, 0.05) is 17.7 Å². The molecule has 2 N–H and O–H groups in total. The van der Waals surface area contributed by atoms with Crippen LogP contribution < -0.4 is 5.32 Å². The summed E-state index contributed by atoms with van der Waals surface area (Å²) in [4.78, 5) is 0. The average molecular weight is 241 g/mol. The van der Waals surface area contributed by atoms with Gasteiger partial charge in [0.25, 0.3) is 0 Å². The van der Waals surface area contributed by atoms with Crippen LogP contribution in [-0.4, -0.2) is 17.7 Å². The Balaban J connectivity index is 2.15. The molecule has 1 fully saturated rings. The number of aliphatic hydroxyl groups excluding tert-OH is 1. The number of hydrogen-bond donors (Lipinski definition) is 2. The molecule has 3 atom stereocenters. The third-order valence-electron chi connectivity index (χ3n) is 3.36. The molecule has 2 nitrogen and oxygen atoms in total. The minimum Gasteiger partial charge on any atom is -0.387 e. The van der Waals surface area contributed by atoms with Gasteiger partial charge in [-0.1, -0.05) is 13.0 Å². The van der Waals surface area contributed by atoms with Crippen LogP contribution in [0.25, 0.3) is 0 Å². The largest absolute Gasteiger partial charge is 0.387 e. The summed E-state index contributed by atoms with van der Waals surface area (Å²) in [7, 11) is 0. The molecule has 1 aliphatic heterocycles. The first kappa shape index (κ1) is 12.5. The van der Waals surface area contributed by atoms with E-state index in [1.54, 1.807) is 0 Å². The van der Waals surface area contributed by atoms with Crippen LogP contribution in [0, 0.1) is 17.6 Å². The van der Waals surface area contributed by atoms with Gasteiger partial charge >= 0.3 is 0 Å². The number of aliphatic hydroxyl groups is 1. The number of hydrogen-bond acceptors (Lipinski definition) is 2. The summed E-state index contributed by atoms with van der Waals surface area (Å²) in [6.07, 6.45) is 0.950. The molecule has 1 aromatic rings. The van der Waals surface area contributed by atoms with Gasteiger partial charge in [-0.25, -0.2) is 8.78 Å². The number of rotatable bonds is 2. The van der Waals surface area contributed by atoms with Gasteiger partial charge in [0.2, 0.25) is 0 Å². The van der Waals surface area contributed by atoms with Gasteiger partial charge in [0.05, 0.1) is 6.10 Å². The van der Waals surface area contributed by atoms with E-state index in [9.17, 15) is 13.9 Å². The third kappa shape index (κ3) is 2.82. The van der Waals surface area contributed by atoms with E-state index >= 15 is 0 Å². The van der Waals surface area contributed by atoms with Crippen molar-refractivity contribution in [2.45, 2.75) is 31.9 Å².